The quantitative estimate of drug-likeness (QED) is 0.290. The zero-order chi connectivity index (χ0) is 4.50. The van der Waals surface area contributed by atoms with Crippen LogP contribution in [0.25, 0.3) is 0 Å². The van der Waals surface area contributed by atoms with Crippen molar-refractivity contribution in [2.45, 2.75) is 0 Å². The summed E-state index contributed by atoms with van der Waals surface area (Å²) >= 11 is 0. The summed E-state index contributed by atoms with van der Waals surface area (Å²) in [6, 6.07) is 0. The van der Waals surface area contributed by atoms with Crippen LogP contribution in [0, 0.1) is 0 Å². The standard InChI is InChI=1S/Fe.K.H2O4S.12H2O.H/c;;1-5(2,3)4;;;;;;;;;;;;;/h;;(H2,1,2,3,4);12*1H2;. The average Bonchev–Trinajstić information content (AvgIpc) is 0.722. The molecule has 0 aliphatic rings. The van der Waals surface area contributed by atoms with Crippen LogP contribution in [-0.2, 0) is 27.5 Å². The van der Waals surface area contributed by atoms with Crippen LogP contribution in [0.1, 0.15) is 0 Å². The molecule has 0 amide bonds. The first-order valence-electron chi connectivity index (χ1n) is 0.698. The van der Waals surface area contributed by atoms with Gasteiger partial charge in [0, 0.05) is 17.1 Å². The van der Waals surface area contributed by atoms with Gasteiger partial charge < -0.3 is 65.7 Å². The molecular formula is H27FeKO16S. The molecule has 0 bridgehead atoms. The summed E-state index contributed by atoms with van der Waals surface area (Å²) in [5.41, 5.74) is 0. The second-order valence-electron chi connectivity index (χ2n) is 0.448. The Morgan fingerprint density at radius 3 is 0.474 bits per heavy atom. The molecule has 16 nitrogen and oxygen atoms in total. The molecular weight excluding hydrogens is 383 g/mol. The molecule has 0 saturated carbocycles. The molecule has 138 valence electrons. The van der Waals surface area contributed by atoms with Crippen LogP contribution in [0.3, 0.4) is 0 Å². The van der Waals surface area contributed by atoms with E-state index >= 15 is 0 Å². The van der Waals surface area contributed by atoms with E-state index in [2.05, 4.69) is 0 Å². The molecule has 0 rings (SSSR count). The summed E-state index contributed by atoms with van der Waals surface area (Å²) in [5.74, 6) is 0. The molecule has 0 saturated heterocycles. The average molecular weight is 410 g/mol. The molecule has 0 radical (unpaired) electrons. The van der Waals surface area contributed by atoms with Crippen LogP contribution in [0.4, 0.5) is 0 Å². The fourth-order valence-electron chi connectivity index (χ4n) is 0. The minimum atomic E-state index is -4.67. The van der Waals surface area contributed by atoms with Gasteiger partial charge in [0.15, 0.2) is 0 Å². The van der Waals surface area contributed by atoms with Crippen molar-refractivity contribution < 1.29 is 100 Å². The summed E-state index contributed by atoms with van der Waals surface area (Å²) in [6.07, 6.45) is 0. The van der Waals surface area contributed by atoms with Crippen LogP contribution >= 0.6 is 0 Å². The third-order valence-corrected chi connectivity index (χ3v) is 0. The molecule has 0 unspecified atom stereocenters. The minimum absolute atomic E-state index is 0. The topological polar surface area (TPSA) is 453 Å². The normalized spacial score (nSPS) is 3.05. The second-order valence-corrected chi connectivity index (χ2v) is 1.34. The molecule has 0 aliphatic carbocycles. The summed E-state index contributed by atoms with van der Waals surface area (Å²) < 4.78 is 31.6. The SMILES string of the molecule is O.O.O.O.O.O.O.O.O.O.O.O.O=S(=O)(O)O.[Fe].[KH]. The van der Waals surface area contributed by atoms with Crippen LogP contribution in [0.15, 0.2) is 0 Å². The van der Waals surface area contributed by atoms with E-state index in [0.717, 1.165) is 0 Å². The van der Waals surface area contributed by atoms with E-state index in [-0.39, 0.29) is 134 Å². The third kappa shape index (κ3) is 2520. The molecule has 19 heteroatoms. The van der Waals surface area contributed by atoms with Crippen LogP contribution in [0.5, 0.6) is 0 Å². The van der Waals surface area contributed by atoms with E-state index in [4.69, 9.17) is 17.5 Å². The fourth-order valence-corrected chi connectivity index (χ4v) is 0. The van der Waals surface area contributed by atoms with E-state index < -0.39 is 10.4 Å². The van der Waals surface area contributed by atoms with Crippen molar-refractivity contribution in [1.29, 1.82) is 0 Å². The molecule has 0 aromatic rings. The predicted molar refractivity (Wildman–Crippen MR) is 64.7 cm³/mol. The Morgan fingerprint density at radius 2 is 0.474 bits per heavy atom. The molecule has 0 heterocycles. The summed E-state index contributed by atoms with van der Waals surface area (Å²) in [6.45, 7) is 0. The van der Waals surface area contributed by atoms with Crippen molar-refractivity contribution in [3.8, 4) is 0 Å². The van der Waals surface area contributed by atoms with E-state index in [1.807, 2.05) is 0 Å². The van der Waals surface area contributed by atoms with Gasteiger partial charge in [0.25, 0.3) is 0 Å². The van der Waals surface area contributed by atoms with Crippen molar-refractivity contribution in [3.63, 3.8) is 0 Å². The van der Waals surface area contributed by atoms with Gasteiger partial charge in [-0.1, -0.05) is 0 Å². The molecule has 0 fully saturated rings. The third-order valence-electron chi connectivity index (χ3n) is 0. The van der Waals surface area contributed by atoms with E-state index in [1.54, 1.807) is 0 Å². The maximum atomic E-state index is 8.74. The van der Waals surface area contributed by atoms with E-state index in [0.29, 0.717) is 0 Å². The van der Waals surface area contributed by atoms with Gasteiger partial charge in [-0.05, 0) is 0 Å². The van der Waals surface area contributed by atoms with Gasteiger partial charge in [0.05, 0.1) is 0 Å². The molecule has 19 heavy (non-hydrogen) atoms. The van der Waals surface area contributed by atoms with Crippen LogP contribution < -0.4 is 0 Å². The Balaban J connectivity index is -0.000000000879. The first kappa shape index (κ1) is 255. The fraction of sp³-hybridized carbons (Fsp3) is 0. The maximum absolute atomic E-state index is 8.74. The summed E-state index contributed by atoms with van der Waals surface area (Å²) in [4.78, 5) is 0. The Hall–Kier alpha value is 1.55. The van der Waals surface area contributed by atoms with Gasteiger partial charge in [-0.3, -0.25) is 9.11 Å². The first-order chi connectivity index (χ1) is 2.00. The van der Waals surface area contributed by atoms with Gasteiger partial charge in [0.2, 0.25) is 0 Å². The predicted octanol–water partition coefficient (Wildman–Crippen LogP) is -11.2. The number of hydrogen-bond donors (Lipinski definition) is 2. The Morgan fingerprint density at radius 1 is 0.474 bits per heavy atom. The molecule has 26 N–H and O–H groups in total. The van der Waals surface area contributed by atoms with Crippen LogP contribution in [-0.4, -0.2) is 135 Å². The molecule has 0 spiro atoms. The van der Waals surface area contributed by atoms with Crippen molar-refractivity contribution in [2.75, 3.05) is 0 Å². The van der Waals surface area contributed by atoms with Gasteiger partial charge in [-0.15, -0.1) is 0 Å². The van der Waals surface area contributed by atoms with Crippen molar-refractivity contribution in [1.82, 2.24) is 0 Å². The number of rotatable bonds is 0. The van der Waals surface area contributed by atoms with Gasteiger partial charge in [-0.2, -0.15) is 8.42 Å². The molecule has 0 atom stereocenters. The number of hydrogen-bond acceptors (Lipinski definition) is 2. The van der Waals surface area contributed by atoms with Crippen molar-refractivity contribution in [2.24, 2.45) is 0 Å². The molecule has 0 aromatic carbocycles. The van der Waals surface area contributed by atoms with E-state index in [9.17, 15) is 0 Å². The van der Waals surface area contributed by atoms with Crippen molar-refractivity contribution >= 4 is 61.8 Å². The first-order valence-corrected chi connectivity index (χ1v) is 2.10. The monoisotopic (exact) mass is 410 g/mol. The molecule has 0 aliphatic heterocycles. The summed E-state index contributed by atoms with van der Waals surface area (Å²) in [7, 11) is -4.67. The van der Waals surface area contributed by atoms with Gasteiger partial charge >= 0.3 is 61.8 Å². The Labute approximate surface area is 160 Å². The zero-order valence-electron chi connectivity index (χ0n) is 8.47. The van der Waals surface area contributed by atoms with Crippen LogP contribution in [0.2, 0.25) is 0 Å². The Kier molecular flexibility index (Phi) is 1590. The van der Waals surface area contributed by atoms with Crippen molar-refractivity contribution in [3.05, 3.63) is 0 Å². The Bertz CT molecular complexity index is 99.9. The second kappa shape index (κ2) is 118. The van der Waals surface area contributed by atoms with Gasteiger partial charge in [-0.25, -0.2) is 0 Å². The molecule has 0 aromatic heterocycles. The summed E-state index contributed by atoms with van der Waals surface area (Å²) in [5, 5.41) is 0. The van der Waals surface area contributed by atoms with Gasteiger partial charge in [0.1, 0.15) is 0 Å². The van der Waals surface area contributed by atoms with E-state index in [1.165, 1.54) is 0 Å². The zero-order valence-corrected chi connectivity index (χ0v) is 10.4.